The lowest BCUT2D eigenvalue weighted by Crippen LogP contribution is -2.29. The van der Waals surface area contributed by atoms with E-state index in [0.717, 1.165) is 5.56 Å². The Morgan fingerprint density at radius 2 is 1.78 bits per heavy atom. The van der Waals surface area contributed by atoms with Gasteiger partial charge in [-0.15, -0.1) is 10.2 Å². The number of sulfonamides is 1. The number of anilines is 1. The summed E-state index contributed by atoms with van der Waals surface area (Å²) in [6.07, 6.45) is 1.82. The van der Waals surface area contributed by atoms with Gasteiger partial charge in [-0.2, -0.15) is 0 Å². The number of fused-ring (bicyclic) bond motifs is 1. The van der Waals surface area contributed by atoms with Crippen LogP contribution in [0.5, 0.6) is 0 Å². The summed E-state index contributed by atoms with van der Waals surface area (Å²) >= 11 is 0. The third-order valence-corrected chi connectivity index (χ3v) is 7.01. The Kier molecular flexibility index (Phi) is 5.67. The van der Waals surface area contributed by atoms with Crippen molar-refractivity contribution in [3.8, 4) is 0 Å². The molecular weight excluding hydrogens is 426 g/mol. The number of benzene rings is 2. The SMILES string of the molecule is Cc1ccc(N(C)S(=O)(=O)c2cccc(C(=O)NC(C)c3nnc4ccccn34)c2)cc1. The number of aromatic nitrogens is 3. The number of hydrogen-bond acceptors (Lipinski definition) is 5. The van der Waals surface area contributed by atoms with Crippen molar-refractivity contribution >= 4 is 27.3 Å². The van der Waals surface area contributed by atoms with Gasteiger partial charge in [-0.25, -0.2) is 8.42 Å². The van der Waals surface area contributed by atoms with Crippen molar-refractivity contribution in [1.82, 2.24) is 19.9 Å². The highest BCUT2D eigenvalue weighted by Crippen LogP contribution is 2.23. The molecule has 2 aromatic heterocycles. The van der Waals surface area contributed by atoms with Gasteiger partial charge in [-0.05, 0) is 56.3 Å². The number of nitrogens with one attached hydrogen (secondary N) is 1. The normalized spacial score (nSPS) is 12.5. The molecule has 0 fully saturated rings. The molecular formula is C23H23N5O3S. The van der Waals surface area contributed by atoms with E-state index in [2.05, 4.69) is 15.5 Å². The number of nitrogens with zero attached hydrogens (tertiary/aromatic N) is 4. The smallest absolute Gasteiger partial charge is 0.264 e. The van der Waals surface area contributed by atoms with Crippen LogP contribution in [0.1, 0.15) is 34.7 Å². The number of aryl methyl sites for hydroxylation is 1. The summed E-state index contributed by atoms with van der Waals surface area (Å²) in [5.41, 5.74) is 2.49. The number of rotatable bonds is 6. The van der Waals surface area contributed by atoms with Crippen LogP contribution in [0.3, 0.4) is 0 Å². The zero-order valence-electron chi connectivity index (χ0n) is 17.9. The van der Waals surface area contributed by atoms with Crippen molar-refractivity contribution < 1.29 is 13.2 Å². The molecule has 8 nitrogen and oxygen atoms in total. The minimum absolute atomic E-state index is 0.0359. The van der Waals surface area contributed by atoms with Crippen LogP contribution in [-0.4, -0.2) is 36.0 Å². The van der Waals surface area contributed by atoms with Crippen LogP contribution in [0.25, 0.3) is 5.65 Å². The molecule has 1 atom stereocenters. The second-order valence-corrected chi connectivity index (χ2v) is 9.49. The first-order valence-corrected chi connectivity index (χ1v) is 11.5. The van der Waals surface area contributed by atoms with E-state index in [9.17, 15) is 13.2 Å². The average Bonchev–Trinajstić information content (AvgIpc) is 3.23. The second kappa shape index (κ2) is 8.43. The quantitative estimate of drug-likeness (QED) is 0.487. The summed E-state index contributed by atoms with van der Waals surface area (Å²) in [6, 6.07) is 18.3. The standard InChI is InChI=1S/C23H23N5O3S/c1-16-10-12-19(13-11-16)27(3)32(30,31)20-8-6-7-18(15-20)23(29)24-17(2)22-26-25-21-9-4-5-14-28(21)22/h4-15,17H,1-3H3,(H,24,29). The lowest BCUT2D eigenvalue weighted by molar-refractivity contribution is 0.0938. The molecule has 32 heavy (non-hydrogen) atoms. The molecule has 2 heterocycles. The first kappa shape index (κ1) is 21.5. The Balaban J connectivity index is 1.56. The highest BCUT2D eigenvalue weighted by Gasteiger charge is 2.23. The Morgan fingerprint density at radius 1 is 1.03 bits per heavy atom. The minimum Gasteiger partial charge on any atom is -0.342 e. The van der Waals surface area contributed by atoms with E-state index < -0.39 is 22.0 Å². The highest BCUT2D eigenvalue weighted by molar-refractivity contribution is 7.92. The molecule has 0 radical (unpaired) electrons. The van der Waals surface area contributed by atoms with Gasteiger partial charge in [0, 0.05) is 18.8 Å². The topological polar surface area (TPSA) is 96.7 Å². The van der Waals surface area contributed by atoms with Crippen LogP contribution in [-0.2, 0) is 10.0 Å². The number of hydrogen-bond donors (Lipinski definition) is 1. The van der Waals surface area contributed by atoms with Gasteiger partial charge < -0.3 is 5.32 Å². The van der Waals surface area contributed by atoms with Crippen molar-refractivity contribution in [3.63, 3.8) is 0 Å². The molecule has 1 N–H and O–H groups in total. The predicted molar refractivity (Wildman–Crippen MR) is 122 cm³/mol. The Labute approximate surface area is 186 Å². The molecule has 164 valence electrons. The molecule has 2 aromatic carbocycles. The van der Waals surface area contributed by atoms with E-state index in [1.54, 1.807) is 35.6 Å². The maximum Gasteiger partial charge on any atom is 0.264 e. The molecule has 1 unspecified atom stereocenters. The van der Waals surface area contributed by atoms with Gasteiger partial charge in [-0.3, -0.25) is 13.5 Å². The van der Waals surface area contributed by atoms with E-state index in [1.807, 2.05) is 43.5 Å². The van der Waals surface area contributed by atoms with E-state index in [1.165, 1.54) is 23.5 Å². The first-order chi connectivity index (χ1) is 15.3. The van der Waals surface area contributed by atoms with Crippen LogP contribution in [0.15, 0.2) is 77.8 Å². The molecule has 0 aliphatic carbocycles. The molecule has 0 spiro atoms. The number of carbonyl (C=O) groups excluding carboxylic acids is 1. The van der Waals surface area contributed by atoms with E-state index in [4.69, 9.17) is 0 Å². The predicted octanol–water partition coefficient (Wildman–Crippen LogP) is 3.35. The van der Waals surface area contributed by atoms with Gasteiger partial charge in [-0.1, -0.05) is 29.8 Å². The van der Waals surface area contributed by atoms with Crippen LogP contribution in [0, 0.1) is 6.92 Å². The van der Waals surface area contributed by atoms with Gasteiger partial charge in [0.15, 0.2) is 11.5 Å². The van der Waals surface area contributed by atoms with Crippen molar-refractivity contribution in [3.05, 3.63) is 89.9 Å². The maximum atomic E-state index is 13.1. The molecule has 4 aromatic rings. The van der Waals surface area contributed by atoms with Gasteiger partial charge in [0.1, 0.15) is 0 Å². The average molecular weight is 450 g/mol. The fraction of sp³-hybridized carbons (Fsp3) is 0.174. The zero-order valence-corrected chi connectivity index (χ0v) is 18.7. The Bertz CT molecular complexity index is 1380. The van der Waals surface area contributed by atoms with Crippen LogP contribution in [0.4, 0.5) is 5.69 Å². The van der Waals surface area contributed by atoms with Crippen molar-refractivity contribution in [2.24, 2.45) is 0 Å². The third-order valence-electron chi connectivity index (χ3n) is 5.23. The number of amides is 1. The summed E-state index contributed by atoms with van der Waals surface area (Å²) in [5, 5.41) is 11.1. The van der Waals surface area contributed by atoms with Gasteiger partial charge in [0.2, 0.25) is 0 Å². The van der Waals surface area contributed by atoms with E-state index in [0.29, 0.717) is 17.2 Å². The monoisotopic (exact) mass is 449 g/mol. The molecule has 0 aliphatic rings. The molecule has 0 aliphatic heterocycles. The Hall–Kier alpha value is -3.72. The fourth-order valence-corrected chi connectivity index (χ4v) is 4.59. The summed E-state index contributed by atoms with van der Waals surface area (Å²) < 4.78 is 29.2. The fourth-order valence-electron chi connectivity index (χ4n) is 3.35. The van der Waals surface area contributed by atoms with Crippen molar-refractivity contribution in [2.75, 3.05) is 11.4 Å². The number of carbonyl (C=O) groups is 1. The molecule has 0 saturated carbocycles. The first-order valence-electron chi connectivity index (χ1n) is 10.0. The van der Waals surface area contributed by atoms with Gasteiger partial charge in [0.25, 0.3) is 15.9 Å². The summed E-state index contributed by atoms with van der Waals surface area (Å²) in [5.74, 6) is 0.178. The summed E-state index contributed by atoms with van der Waals surface area (Å²) in [4.78, 5) is 12.9. The Morgan fingerprint density at radius 3 is 2.53 bits per heavy atom. The minimum atomic E-state index is -3.83. The maximum absolute atomic E-state index is 13.1. The molecule has 9 heteroatoms. The van der Waals surface area contributed by atoms with Crippen LogP contribution in [0.2, 0.25) is 0 Å². The van der Waals surface area contributed by atoms with Crippen molar-refractivity contribution in [1.29, 1.82) is 0 Å². The molecule has 4 rings (SSSR count). The van der Waals surface area contributed by atoms with E-state index in [-0.39, 0.29) is 10.5 Å². The largest absolute Gasteiger partial charge is 0.342 e. The summed E-state index contributed by atoms with van der Waals surface area (Å²) in [6.45, 7) is 3.73. The lowest BCUT2D eigenvalue weighted by Gasteiger charge is -2.20. The van der Waals surface area contributed by atoms with Crippen LogP contribution >= 0.6 is 0 Å². The van der Waals surface area contributed by atoms with Crippen LogP contribution < -0.4 is 9.62 Å². The lowest BCUT2D eigenvalue weighted by atomic mass is 10.2. The zero-order chi connectivity index (χ0) is 22.9. The molecule has 0 bridgehead atoms. The van der Waals surface area contributed by atoms with Crippen molar-refractivity contribution in [2.45, 2.75) is 24.8 Å². The highest BCUT2D eigenvalue weighted by atomic mass is 32.2. The summed E-state index contributed by atoms with van der Waals surface area (Å²) in [7, 11) is -2.34. The number of pyridine rings is 1. The van der Waals surface area contributed by atoms with Gasteiger partial charge in [0.05, 0.1) is 16.6 Å². The third kappa shape index (κ3) is 4.06. The van der Waals surface area contributed by atoms with E-state index >= 15 is 0 Å². The van der Waals surface area contributed by atoms with Gasteiger partial charge >= 0.3 is 0 Å². The molecule has 0 saturated heterocycles. The second-order valence-electron chi connectivity index (χ2n) is 7.52. The molecule has 1 amide bonds.